The van der Waals surface area contributed by atoms with Crippen molar-refractivity contribution in [2.24, 2.45) is 50.7 Å². The van der Waals surface area contributed by atoms with Crippen LogP contribution < -0.4 is 0 Å². The summed E-state index contributed by atoms with van der Waals surface area (Å²) >= 11 is 0. The topological polar surface area (TPSA) is 69.7 Å². The molecule has 5 heteroatoms. The summed E-state index contributed by atoms with van der Waals surface area (Å²) in [5, 5.41) is 0. The Hall–Kier alpha value is -1.39. The molecule has 0 amide bonds. The standard InChI is InChI=1S/C30H46O5/c1-18(16-21(32)25(33)34-7)20-10-12-28(6)23-9-8-22-26(3,4)24(35-19(2)31)11-13-29(22)17-30(23,29)15-14-27(20,28)5/h18,20,22-24H,8-17H2,1-7H3/t18-,20-,22+,23+,24+,27-,28+,29?,30+/m1/s1. The molecule has 0 aromatic carbocycles. The third-order valence-corrected chi connectivity index (χ3v) is 13.0. The minimum absolute atomic E-state index is 0.0288. The summed E-state index contributed by atoms with van der Waals surface area (Å²) in [6.45, 7) is 13.5. The number of ketones is 1. The van der Waals surface area contributed by atoms with Crippen LogP contribution >= 0.6 is 0 Å². The summed E-state index contributed by atoms with van der Waals surface area (Å²) in [6, 6.07) is 0. The molecule has 0 aliphatic heterocycles. The van der Waals surface area contributed by atoms with Crippen molar-refractivity contribution in [2.45, 2.75) is 112 Å². The first kappa shape index (κ1) is 25.3. The average Bonchev–Trinajstić information content (AvgIpc) is 3.37. The molecule has 0 bridgehead atoms. The summed E-state index contributed by atoms with van der Waals surface area (Å²) in [5.41, 5.74) is 1.39. The van der Waals surface area contributed by atoms with E-state index in [9.17, 15) is 14.4 Å². The molecule has 196 valence electrons. The molecular formula is C30H46O5. The lowest BCUT2D eigenvalue weighted by atomic mass is 9.41. The number of methoxy groups -OCH3 is 1. The molecule has 0 aromatic rings. The van der Waals surface area contributed by atoms with Crippen LogP contribution in [0.15, 0.2) is 0 Å². The quantitative estimate of drug-likeness (QED) is 0.346. The molecule has 0 saturated heterocycles. The van der Waals surface area contributed by atoms with Gasteiger partial charge in [-0.05, 0) is 103 Å². The molecule has 0 N–H and O–H groups in total. The summed E-state index contributed by atoms with van der Waals surface area (Å²) < 4.78 is 10.6. The first-order valence-electron chi connectivity index (χ1n) is 14.1. The average molecular weight is 487 g/mol. The molecule has 35 heavy (non-hydrogen) atoms. The van der Waals surface area contributed by atoms with E-state index in [1.807, 2.05) is 0 Å². The third kappa shape index (κ3) is 3.14. The third-order valence-electron chi connectivity index (χ3n) is 13.0. The smallest absolute Gasteiger partial charge is 0.374 e. The maximum atomic E-state index is 12.4. The number of esters is 2. The second-order valence-electron chi connectivity index (χ2n) is 14.2. The number of hydrogen-bond acceptors (Lipinski definition) is 5. The van der Waals surface area contributed by atoms with E-state index in [4.69, 9.17) is 9.47 Å². The summed E-state index contributed by atoms with van der Waals surface area (Å²) in [7, 11) is 1.29. The minimum atomic E-state index is -0.699. The fourth-order valence-electron chi connectivity index (χ4n) is 11.3. The number of Topliss-reactive ketones (excluding diaryl/α,β-unsaturated/α-hetero) is 1. The molecule has 0 aromatic heterocycles. The Morgan fingerprint density at radius 3 is 2.17 bits per heavy atom. The van der Waals surface area contributed by atoms with Crippen LogP contribution in [0.25, 0.3) is 0 Å². The fraction of sp³-hybridized carbons (Fsp3) is 0.900. The monoisotopic (exact) mass is 486 g/mol. The Morgan fingerprint density at radius 2 is 1.51 bits per heavy atom. The summed E-state index contributed by atoms with van der Waals surface area (Å²) in [6.07, 6.45) is 11.3. The number of carbonyl (C=O) groups excluding carboxylic acids is 3. The molecule has 9 atom stereocenters. The molecule has 5 fully saturated rings. The van der Waals surface area contributed by atoms with Crippen molar-refractivity contribution in [3.05, 3.63) is 0 Å². The highest BCUT2D eigenvalue weighted by molar-refractivity contribution is 6.33. The van der Waals surface area contributed by atoms with Crippen molar-refractivity contribution < 1.29 is 23.9 Å². The Bertz CT molecular complexity index is 939. The number of ether oxygens (including phenoxy) is 2. The lowest BCUT2D eigenvalue weighted by Crippen LogP contribution is -2.58. The van der Waals surface area contributed by atoms with Crippen molar-refractivity contribution in [1.29, 1.82) is 0 Å². The van der Waals surface area contributed by atoms with Crippen molar-refractivity contribution in [2.75, 3.05) is 7.11 Å². The van der Waals surface area contributed by atoms with Gasteiger partial charge in [-0.25, -0.2) is 4.79 Å². The Morgan fingerprint density at radius 1 is 0.857 bits per heavy atom. The van der Waals surface area contributed by atoms with Crippen LogP contribution in [0.1, 0.15) is 106 Å². The van der Waals surface area contributed by atoms with Crippen LogP contribution in [0.3, 0.4) is 0 Å². The maximum absolute atomic E-state index is 12.4. The highest BCUT2D eigenvalue weighted by atomic mass is 16.5. The van der Waals surface area contributed by atoms with Gasteiger partial charge < -0.3 is 9.47 Å². The van der Waals surface area contributed by atoms with Gasteiger partial charge in [-0.3, -0.25) is 9.59 Å². The van der Waals surface area contributed by atoms with Gasteiger partial charge in [-0.15, -0.1) is 0 Å². The SMILES string of the molecule is COC(=O)C(=O)C[C@@H](C)[C@H]1CC[C@@]2(C)[C@@H]3CC[C@H]4C(C)(C)[C@@H](OC(C)=O)CCC45C[C@@]35CC[C@]12C. The van der Waals surface area contributed by atoms with Gasteiger partial charge in [0.25, 0.3) is 0 Å². The first-order chi connectivity index (χ1) is 16.3. The Labute approximate surface area is 211 Å². The van der Waals surface area contributed by atoms with Gasteiger partial charge in [0.2, 0.25) is 5.78 Å². The zero-order valence-corrected chi connectivity index (χ0v) is 23.0. The van der Waals surface area contributed by atoms with E-state index < -0.39 is 5.97 Å². The molecule has 5 saturated carbocycles. The van der Waals surface area contributed by atoms with Crippen molar-refractivity contribution >= 4 is 17.7 Å². The van der Waals surface area contributed by atoms with E-state index >= 15 is 0 Å². The van der Waals surface area contributed by atoms with E-state index in [1.54, 1.807) is 6.92 Å². The Kier molecular flexibility index (Phi) is 5.64. The van der Waals surface area contributed by atoms with Crippen LogP contribution in [0, 0.1) is 50.7 Å². The van der Waals surface area contributed by atoms with Crippen LogP contribution in [0.4, 0.5) is 0 Å². The van der Waals surface area contributed by atoms with E-state index in [2.05, 4.69) is 34.6 Å². The molecular weight excluding hydrogens is 440 g/mol. The largest absolute Gasteiger partial charge is 0.463 e. The van der Waals surface area contributed by atoms with E-state index in [0.717, 1.165) is 18.8 Å². The second-order valence-corrected chi connectivity index (χ2v) is 14.2. The highest BCUT2D eigenvalue weighted by Crippen LogP contribution is 2.89. The van der Waals surface area contributed by atoms with Crippen LogP contribution in [-0.2, 0) is 23.9 Å². The molecule has 5 nitrogen and oxygen atoms in total. The second kappa shape index (κ2) is 7.81. The van der Waals surface area contributed by atoms with Gasteiger partial charge in [0.1, 0.15) is 6.10 Å². The lowest BCUT2D eigenvalue weighted by molar-refractivity contribution is -0.181. The van der Waals surface area contributed by atoms with Gasteiger partial charge in [-0.1, -0.05) is 34.6 Å². The number of rotatable bonds is 5. The molecule has 5 aliphatic carbocycles. The summed E-state index contributed by atoms with van der Waals surface area (Å²) in [4.78, 5) is 36.0. The zero-order valence-electron chi connectivity index (χ0n) is 23.0. The number of carbonyl (C=O) groups is 3. The maximum Gasteiger partial charge on any atom is 0.374 e. The van der Waals surface area contributed by atoms with Gasteiger partial charge in [-0.2, -0.15) is 0 Å². The van der Waals surface area contributed by atoms with Crippen LogP contribution in [0.2, 0.25) is 0 Å². The van der Waals surface area contributed by atoms with Crippen molar-refractivity contribution in [3.8, 4) is 0 Å². The molecule has 0 radical (unpaired) electrons. The predicted molar refractivity (Wildman–Crippen MR) is 133 cm³/mol. The lowest BCUT2D eigenvalue weighted by Gasteiger charge is -2.63. The van der Waals surface area contributed by atoms with Gasteiger partial charge in [0, 0.05) is 18.8 Å². The van der Waals surface area contributed by atoms with Crippen molar-refractivity contribution in [1.82, 2.24) is 0 Å². The normalized spacial score (nSPS) is 47.9. The summed E-state index contributed by atoms with van der Waals surface area (Å²) in [5.74, 6) is 0.822. The molecule has 1 unspecified atom stereocenters. The van der Waals surface area contributed by atoms with E-state index in [0.29, 0.717) is 29.1 Å². The molecule has 2 spiro atoms. The molecule has 5 rings (SSSR count). The van der Waals surface area contributed by atoms with E-state index in [-0.39, 0.29) is 40.0 Å². The zero-order chi connectivity index (χ0) is 25.6. The first-order valence-corrected chi connectivity index (χ1v) is 14.1. The van der Waals surface area contributed by atoms with Gasteiger partial charge >= 0.3 is 11.9 Å². The number of fused-ring (bicyclic) bond motifs is 2. The predicted octanol–water partition coefficient (Wildman–Crippen LogP) is 6.13. The van der Waals surface area contributed by atoms with Crippen molar-refractivity contribution in [3.63, 3.8) is 0 Å². The van der Waals surface area contributed by atoms with Crippen LogP contribution in [-0.4, -0.2) is 30.9 Å². The van der Waals surface area contributed by atoms with Gasteiger partial charge in [0.15, 0.2) is 0 Å². The fourth-order valence-corrected chi connectivity index (χ4v) is 11.3. The molecule has 0 heterocycles. The molecule has 5 aliphatic rings. The van der Waals surface area contributed by atoms with E-state index in [1.165, 1.54) is 52.1 Å². The van der Waals surface area contributed by atoms with Gasteiger partial charge in [0.05, 0.1) is 7.11 Å². The minimum Gasteiger partial charge on any atom is -0.463 e. The Balaban J connectivity index is 1.39. The highest BCUT2D eigenvalue weighted by Gasteiger charge is 2.82. The number of hydrogen-bond donors (Lipinski definition) is 0. The van der Waals surface area contributed by atoms with Crippen LogP contribution in [0.5, 0.6) is 0 Å².